The van der Waals surface area contributed by atoms with Crippen LogP contribution >= 0.6 is 15.9 Å². The topological polar surface area (TPSA) is 29.1 Å². The summed E-state index contributed by atoms with van der Waals surface area (Å²) in [5.41, 5.74) is 1.12. The van der Waals surface area contributed by atoms with Crippen LogP contribution in [0.15, 0.2) is 30.3 Å². The summed E-state index contributed by atoms with van der Waals surface area (Å²) in [5, 5.41) is 3.16. The maximum absolute atomic E-state index is 12.4. The monoisotopic (exact) mass is 337 g/mol. The zero-order chi connectivity index (χ0) is 14.4. The Hall–Kier alpha value is -0.830. The molecule has 110 valence electrons. The van der Waals surface area contributed by atoms with Crippen molar-refractivity contribution in [2.45, 2.75) is 49.8 Å². The third-order valence-corrected chi connectivity index (χ3v) is 5.18. The Bertz CT molecular complexity index is 412. The van der Waals surface area contributed by atoms with E-state index in [4.69, 9.17) is 0 Å². The van der Waals surface area contributed by atoms with Crippen molar-refractivity contribution in [2.75, 3.05) is 6.54 Å². The number of nitrogens with one attached hydrogen (secondary N) is 1. The molecule has 1 saturated carbocycles. The van der Waals surface area contributed by atoms with Crippen LogP contribution in [0.25, 0.3) is 0 Å². The van der Waals surface area contributed by atoms with E-state index >= 15 is 0 Å². The van der Waals surface area contributed by atoms with Crippen LogP contribution in [0.3, 0.4) is 0 Å². The smallest absolute Gasteiger partial charge is 0.227 e. The van der Waals surface area contributed by atoms with E-state index in [1.54, 1.807) is 0 Å². The highest BCUT2D eigenvalue weighted by Gasteiger charge is 2.22. The van der Waals surface area contributed by atoms with Gasteiger partial charge in [0.05, 0.1) is 5.92 Å². The minimum absolute atomic E-state index is 0.0104. The number of amides is 1. The van der Waals surface area contributed by atoms with E-state index in [-0.39, 0.29) is 11.8 Å². The van der Waals surface area contributed by atoms with Crippen LogP contribution in [0.4, 0.5) is 0 Å². The number of carbonyl (C=O) groups excluding carboxylic acids is 1. The van der Waals surface area contributed by atoms with Crippen LogP contribution in [-0.2, 0) is 4.79 Å². The number of benzene rings is 1. The summed E-state index contributed by atoms with van der Waals surface area (Å²) >= 11 is 3.67. The van der Waals surface area contributed by atoms with E-state index in [0.29, 0.717) is 10.7 Å². The molecule has 2 rings (SSSR count). The van der Waals surface area contributed by atoms with Crippen molar-refractivity contribution in [3.05, 3.63) is 35.9 Å². The highest BCUT2D eigenvalue weighted by atomic mass is 79.9. The molecule has 0 saturated heterocycles. The highest BCUT2D eigenvalue weighted by Crippen LogP contribution is 2.28. The lowest BCUT2D eigenvalue weighted by Crippen LogP contribution is -2.34. The number of carbonyl (C=O) groups is 1. The van der Waals surface area contributed by atoms with Crippen LogP contribution in [0, 0.1) is 5.92 Å². The van der Waals surface area contributed by atoms with Gasteiger partial charge in [0.15, 0.2) is 0 Å². The van der Waals surface area contributed by atoms with E-state index in [9.17, 15) is 4.79 Å². The van der Waals surface area contributed by atoms with E-state index in [0.717, 1.165) is 18.5 Å². The van der Waals surface area contributed by atoms with Gasteiger partial charge in [0.1, 0.15) is 0 Å². The van der Waals surface area contributed by atoms with Crippen molar-refractivity contribution in [1.82, 2.24) is 5.32 Å². The average molecular weight is 338 g/mol. The first-order valence-electron chi connectivity index (χ1n) is 7.67. The molecule has 20 heavy (non-hydrogen) atoms. The SMILES string of the molecule is CCC(C(=O)NCC1CCC(Br)CC1)c1ccccc1. The normalized spacial score (nSPS) is 24.1. The molecule has 1 N–H and O–H groups in total. The first-order chi connectivity index (χ1) is 9.70. The average Bonchev–Trinajstić information content (AvgIpc) is 2.48. The second kappa shape index (κ2) is 7.82. The molecular formula is C17H24BrNO. The van der Waals surface area contributed by atoms with Crippen molar-refractivity contribution in [3.8, 4) is 0 Å². The van der Waals surface area contributed by atoms with Gasteiger partial charge in [0.2, 0.25) is 5.91 Å². The van der Waals surface area contributed by atoms with Gasteiger partial charge in [-0.25, -0.2) is 0 Å². The lowest BCUT2D eigenvalue weighted by molar-refractivity contribution is -0.122. The molecule has 1 fully saturated rings. The molecule has 0 aliphatic heterocycles. The molecule has 3 heteroatoms. The first kappa shape index (κ1) is 15.6. The summed E-state index contributed by atoms with van der Waals surface area (Å²) in [6.45, 7) is 2.91. The fourth-order valence-electron chi connectivity index (χ4n) is 2.95. The summed E-state index contributed by atoms with van der Waals surface area (Å²) in [6, 6.07) is 10.1. The van der Waals surface area contributed by atoms with Crippen molar-refractivity contribution < 1.29 is 4.79 Å². The van der Waals surface area contributed by atoms with E-state index < -0.39 is 0 Å². The molecule has 1 unspecified atom stereocenters. The van der Waals surface area contributed by atoms with Gasteiger partial charge in [0.25, 0.3) is 0 Å². The van der Waals surface area contributed by atoms with Crippen LogP contribution in [0.1, 0.15) is 50.5 Å². The maximum atomic E-state index is 12.4. The van der Waals surface area contributed by atoms with Gasteiger partial charge in [-0.2, -0.15) is 0 Å². The quantitative estimate of drug-likeness (QED) is 0.799. The Morgan fingerprint density at radius 2 is 1.90 bits per heavy atom. The van der Waals surface area contributed by atoms with Gasteiger partial charge in [-0.1, -0.05) is 53.2 Å². The number of hydrogen-bond acceptors (Lipinski definition) is 1. The predicted octanol–water partition coefficient (Wildman–Crippen LogP) is 4.25. The fraction of sp³-hybridized carbons (Fsp3) is 0.588. The number of rotatable bonds is 5. The van der Waals surface area contributed by atoms with Gasteiger partial charge in [0, 0.05) is 11.4 Å². The van der Waals surface area contributed by atoms with Gasteiger partial charge in [-0.3, -0.25) is 4.79 Å². The van der Waals surface area contributed by atoms with E-state index in [1.165, 1.54) is 25.7 Å². The molecule has 1 aliphatic rings. The number of halogens is 1. The summed E-state index contributed by atoms with van der Waals surface area (Å²) in [5.74, 6) is 0.824. The lowest BCUT2D eigenvalue weighted by atomic mass is 9.88. The Morgan fingerprint density at radius 3 is 2.50 bits per heavy atom. The van der Waals surface area contributed by atoms with Crippen molar-refractivity contribution in [1.29, 1.82) is 0 Å². The maximum Gasteiger partial charge on any atom is 0.227 e. The standard InChI is InChI=1S/C17H24BrNO/c1-2-16(14-6-4-3-5-7-14)17(20)19-12-13-8-10-15(18)11-9-13/h3-7,13,15-16H,2,8-12H2,1H3,(H,19,20). The Kier molecular flexibility index (Phi) is 6.08. The second-order valence-electron chi connectivity index (χ2n) is 5.73. The zero-order valence-corrected chi connectivity index (χ0v) is 13.7. The lowest BCUT2D eigenvalue weighted by Gasteiger charge is -2.26. The van der Waals surface area contributed by atoms with Crippen molar-refractivity contribution in [3.63, 3.8) is 0 Å². The Balaban J connectivity index is 1.84. The third-order valence-electron chi connectivity index (χ3n) is 4.27. The van der Waals surface area contributed by atoms with E-state index in [1.807, 2.05) is 30.3 Å². The predicted molar refractivity (Wildman–Crippen MR) is 87.2 cm³/mol. The molecule has 0 spiro atoms. The minimum atomic E-state index is -0.0104. The Labute approximate surface area is 130 Å². The van der Waals surface area contributed by atoms with Crippen molar-refractivity contribution >= 4 is 21.8 Å². The van der Waals surface area contributed by atoms with Gasteiger partial charge in [-0.15, -0.1) is 0 Å². The second-order valence-corrected chi connectivity index (χ2v) is 7.03. The summed E-state index contributed by atoms with van der Waals surface area (Å²) in [7, 11) is 0. The molecule has 0 radical (unpaired) electrons. The fourth-order valence-corrected chi connectivity index (χ4v) is 3.48. The first-order valence-corrected chi connectivity index (χ1v) is 8.59. The molecule has 0 heterocycles. The van der Waals surface area contributed by atoms with E-state index in [2.05, 4.69) is 28.2 Å². The number of alkyl halides is 1. The summed E-state index contributed by atoms with van der Waals surface area (Å²) in [6.07, 6.45) is 5.76. The largest absolute Gasteiger partial charge is 0.355 e. The molecule has 1 aromatic rings. The summed E-state index contributed by atoms with van der Waals surface area (Å²) < 4.78 is 0. The molecule has 2 nitrogen and oxygen atoms in total. The molecule has 1 amide bonds. The van der Waals surface area contributed by atoms with Gasteiger partial charge >= 0.3 is 0 Å². The molecule has 1 aliphatic carbocycles. The van der Waals surface area contributed by atoms with Gasteiger partial charge in [-0.05, 0) is 43.6 Å². The van der Waals surface area contributed by atoms with Crippen LogP contribution < -0.4 is 5.32 Å². The van der Waals surface area contributed by atoms with Gasteiger partial charge < -0.3 is 5.32 Å². The molecule has 0 aromatic heterocycles. The van der Waals surface area contributed by atoms with Crippen molar-refractivity contribution in [2.24, 2.45) is 5.92 Å². The van der Waals surface area contributed by atoms with Crippen LogP contribution in [0.5, 0.6) is 0 Å². The molecule has 1 atom stereocenters. The summed E-state index contributed by atoms with van der Waals surface area (Å²) in [4.78, 5) is 13.0. The Morgan fingerprint density at radius 1 is 1.25 bits per heavy atom. The third kappa shape index (κ3) is 4.34. The number of hydrogen-bond donors (Lipinski definition) is 1. The van der Waals surface area contributed by atoms with Crippen LogP contribution in [-0.4, -0.2) is 17.3 Å². The zero-order valence-electron chi connectivity index (χ0n) is 12.1. The molecular weight excluding hydrogens is 314 g/mol. The van der Waals surface area contributed by atoms with Crippen LogP contribution in [0.2, 0.25) is 0 Å². The molecule has 0 bridgehead atoms. The highest BCUT2D eigenvalue weighted by molar-refractivity contribution is 9.09. The minimum Gasteiger partial charge on any atom is -0.355 e. The molecule has 1 aromatic carbocycles.